The van der Waals surface area contributed by atoms with E-state index in [-0.39, 0.29) is 5.60 Å². The standard InChI is InChI=1S/C19H39NO/c1-5-7-8-9-10-15-21-19(16-20-17(3)4)13-11-18(6-2)12-14-19/h17-18,20H,5-16H2,1-4H3. The van der Waals surface area contributed by atoms with Gasteiger partial charge in [-0.3, -0.25) is 0 Å². The fraction of sp³-hybridized carbons (Fsp3) is 1.00. The Kier molecular flexibility index (Phi) is 9.59. The zero-order valence-electron chi connectivity index (χ0n) is 15.0. The zero-order chi connectivity index (χ0) is 15.6. The first-order valence-corrected chi connectivity index (χ1v) is 9.49. The number of unbranched alkanes of at least 4 members (excludes halogenated alkanes) is 4. The summed E-state index contributed by atoms with van der Waals surface area (Å²) in [4.78, 5) is 0. The summed E-state index contributed by atoms with van der Waals surface area (Å²) in [7, 11) is 0. The summed E-state index contributed by atoms with van der Waals surface area (Å²) in [5.74, 6) is 0.935. The van der Waals surface area contributed by atoms with Gasteiger partial charge >= 0.3 is 0 Å². The highest BCUT2D eigenvalue weighted by molar-refractivity contribution is 4.89. The Morgan fingerprint density at radius 2 is 1.71 bits per heavy atom. The highest BCUT2D eigenvalue weighted by Gasteiger charge is 2.35. The van der Waals surface area contributed by atoms with Crippen molar-refractivity contribution in [2.45, 2.75) is 104 Å². The molecule has 0 heterocycles. The molecule has 0 unspecified atom stereocenters. The molecule has 0 aromatic heterocycles. The lowest BCUT2D eigenvalue weighted by molar-refractivity contribution is -0.0786. The number of ether oxygens (including phenoxy) is 1. The number of hydrogen-bond donors (Lipinski definition) is 1. The molecule has 0 aliphatic heterocycles. The van der Waals surface area contributed by atoms with Crippen molar-refractivity contribution >= 4 is 0 Å². The van der Waals surface area contributed by atoms with Gasteiger partial charge in [0.2, 0.25) is 0 Å². The molecule has 0 atom stereocenters. The first-order chi connectivity index (χ1) is 10.1. The van der Waals surface area contributed by atoms with Crippen LogP contribution >= 0.6 is 0 Å². The van der Waals surface area contributed by atoms with E-state index in [2.05, 4.69) is 33.0 Å². The molecule has 0 spiro atoms. The third-order valence-corrected chi connectivity index (χ3v) is 5.08. The SMILES string of the molecule is CCCCCCCOC1(CNC(C)C)CCC(CC)CC1. The molecule has 1 N–H and O–H groups in total. The molecule has 1 saturated carbocycles. The molecule has 0 bridgehead atoms. The Morgan fingerprint density at radius 3 is 2.29 bits per heavy atom. The van der Waals surface area contributed by atoms with Gasteiger partial charge in [0.05, 0.1) is 5.60 Å². The molecule has 0 radical (unpaired) electrons. The lowest BCUT2D eigenvalue weighted by Gasteiger charge is -2.41. The number of hydrogen-bond acceptors (Lipinski definition) is 2. The van der Waals surface area contributed by atoms with Gasteiger partial charge < -0.3 is 10.1 Å². The predicted octanol–water partition coefficient (Wildman–Crippen LogP) is 5.31. The van der Waals surface area contributed by atoms with Crippen molar-refractivity contribution in [1.82, 2.24) is 5.32 Å². The van der Waals surface area contributed by atoms with Crippen LogP contribution in [0.25, 0.3) is 0 Å². The van der Waals surface area contributed by atoms with E-state index in [1.165, 1.54) is 64.2 Å². The molecule has 2 heteroatoms. The second-order valence-corrected chi connectivity index (χ2v) is 7.33. The van der Waals surface area contributed by atoms with Gasteiger partial charge in [0.1, 0.15) is 0 Å². The van der Waals surface area contributed by atoms with Crippen LogP contribution in [0.1, 0.15) is 91.9 Å². The van der Waals surface area contributed by atoms with E-state index in [1.807, 2.05) is 0 Å². The molecule has 21 heavy (non-hydrogen) atoms. The monoisotopic (exact) mass is 297 g/mol. The second-order valence-electron chi connectivity index (χ2n) is 7.33. The van der Waals surface area contributed by atoms with Crippen molar-refractivity contribution in [3.8, 4) is 0 Å². The molecular formula is C19H39NO. The van der Waals surface area contributed by atoms with Crippen LogP contribution in [0.2, 0.25) is 0 Å². The van der Waals surface area contributed by atoms with Crippen LogP contribution in [0, 0.1) is 5.92 Å². The fourth-order valence-electron chi connectivity index (χ4n) is 3.37. The molecule has 0 aromatic rings. The first-order valence-electron chi connectivity index (χ1n) is 9.49. The third-order valence-electron chi connectivity index (χ3n) is 5.08. The minimum absolute atomic E-state index is 0.126. The quantitative estimate of drug-likeness (QED) is 0.522. The van der Waals surface area contributed by atoms with E-state index in [1.54, 1.807) is 0 Å². The molecule has 2 nitrogen and oxygen atoms in total. The van der Waals surface area contributed by atoms with Gasteiger partial charge in [-0.1, -0.05) is 59.8 Å². The number of rotatable bonds is 11. The minimum atomic E-state index is 0.126. The predicted molar refractivity (Wildman–Crippen MR) is 92.8 cm³/mol. The summed E-state index contributed by atoms with van der Waals surface area (Å²) >= 11 is 0. The minimum Gasteiger partial charge on any atom is -0.374 e. The highest BCUT2D eigenvalue weighted by atomic mass is 16.5. The maximum atomic E-state index is 6.43. The normalized spacial score (nSPS) is 26.4. The van der Waals surface area contributed by atoms with Crippen molar-refractivity contribution in [2.75, 3.05) is 13.2 Å². The molecule has 0 aromatic carbocycles. The average Bonchev–Trinajstić information content (AvgIpc) is 2.50. The van der Waals surface area contributed by atoms with Crippen LogP contribution < -0.4 is 5.32 Å². The summed E-state index contributed by atoms with van der Waals surface area (Å²) in [5, 5.41) is 3.63. The Hall–Kier alpha value is -0.0800. The van der Waals surface area contributed by atoms with Gasteiger partial charge in [-0.25, -0.2) is 0 Å². The largest absolute Gasteiger partial charge is 0.374 e. The summed E-state index contributed by atoms with van der Waals surface area (Å²) in [6.07, 6.45) is 13.2. The van der Waals surface area contributed by atoms with Crippen molar-refractivity contribution in [3.05, 3.63) is 0 Å². The molecule has 0 saturated heterocycles. The van der Waals surface area contributed by atoms with E-state index >= 15 is 0 Å². The molecule has 1 fully saturated rings. The van der Waals surface area contributed by atoms with Crippen molar-refractivity contribution in [3.63, 3.8) is 0 Å². The van der Waals surface area contributed by atoms with Gasteiger partial charge in [0.25, 0.3) is 0 Å². The Bertz CT molecular complexity index is 244. The highest BCUT2D eigenvalue weighted by Crippen LogP contribution is 2.36. The van der Waals surface area contributed by atoms with Crippen LogP contribution in [0.15, 0.2) is 0 Å². The van der Waals surface area contributed by atoms with Crippen molar-refractivity contribution in [2.24, 2.45) is 5.92 Å². The topological polar surface area (TPSA) is 21.3 Å². The molecule has 0 amide bonds. The van der Waals surface area contributed by atoms with E-state index < -0.39 is 0 Å². The summed E-state index contributed by atoms with van der Waals surface area (Å²) < 4.78 is 6.43. The van der Waals surface area contributed by atoms with Crippen LogP contribution in [0.4, 0.5) is 0 Å². The lowest BCUT2D eigenvalue weighted by atomic mass is 9.77. The maximum absolute atomic E-state index is 6.43. The van der Waals surface area contributed by atoms with Gasteiger partial charge in [-0.2, -0.15) is 0 Å². The van der Waals surface area contributed by atoms with Gasteiger partial charge in [0.15, 0.2) is 0 Å². The lowest BCUT2D eigenvalue weighted by Crippen LogP contribution is -2.47. The smallest absolute Gasteiger partial charge is 0.0806 e. The Morgan fingerprint density at radius 1 is 1.05 bits per heavy atom. The summed E-state index contributed by atoms with van der Waals surface area (Å²) in [5.41, 5.74) is 0.126. The van der Waals surface area contributed by atoms with Gasteiger partial charge in [-0.05, 0) is 38.0 Å². The van der Waals surface area contributed by atoms with E-state index in [9.17, 15) is 0 Å². The average molecular weight is 298 g/mol. The first kappa shape index (κ1) is 19.0. The maximum Gasteiger partial charge on any atom is 0.0806 e. The van der Waals surface area contributed by atoms with Gasteiger partial charge in [-0.15, -0.1) is 0 Å². The van der Waals surface area contributed by atoms with E-state index in [0.717, 1.165) is 19.1 Å². The Labute approximate surface area is 133 Å². The summed E-state index contributed by atoms with van der Waals surface area (Å²) in [6.45, 7) is 11.1. The summed E-state index contributed by atoms with van der Waals surface area (Å²) in [6, 6.07) is 0.555. The molecular weight excluding hydrogens is 258 g/mol. The third kappa shape index (κ3) is 7.65. The van der Waals surface area contributed by atoms with Crippen LogP contribution in [0.3, 0.4) is 0 Å². The molecule has 1 aliphatic carbocycles. The molecule has 1 rings (SSSR count). The molecule has 126 valence electrons. The van der Waals surface area contributed by atoms with Crippen LogP contribution in [0.5, 0.6) is 0 Å². The fourth-order valence-corrected chi connectivity index (χ4v) is 3.37. The van der Waals surface area contributed by atoms with Crippen LogP contribution in [-0.4, -0.2) is 24.8 Å². The van der Waals surface area contributed by atoms with Crippen molar-refractivity contribution in [1.29, 1.82) is 0 Å². The van der Waals surface area contributed by atoms with Crippen LogP contribution in [-0.2, 0) is 4.74 Å². The zero-order valence-corrected chi connectivity index (χ0v) is 15.0. The number of nitrogens with one attached hydrogen (secondary N) is 1. The second kappa shape index (κ2) is 10.6. The van der Waals surface area contributed by atoms with E-state index in [4.69, 9.17) is 4.74 Å². The van der Waals surface area contributed by atoms with E-state index in [0.29, 0.717) is 6.04 Å². The van der Waals surface area contributed by atoms with Gasteiger partial charge in [0, 0.05) is 19.2 Å². The van der Waals surface area contributed by atoms with Crippen molar-refractivity contribution < 1.29 is 4.74 Å². The Balaban J connectivity index is 2.34. The molecule has 1 aliphatic rings.